The van der Waals surface area contributed by atoms with Crippen LogP contribution in [0.4, 0.5) is 4.39 Å². The van der Waals surface area contributed by atoms with E-state index in [2.05, 4.69) is 4.98 Å². The standard InChI is InChI=1S/C14H11ClFNO/c15-6-10-1-2-13(14(16)5-10)4-11-3-12(9-18)8-17-7-11/h1-3,5,7-9H,4,6H2. The Hall–Kier alpha value is -1.74. The number of rotatable bonds is 4. The van der Waals surface area contributed by atoms with E-state index in [-0.39, 0.29) is 5.82 Å². The number of alkyl halides is 1. The molecule has 92 valence electrons. The average Bonchev–Trinajstić information content (AvgIpc) is 2.41. The van der Waals surface area contributed by atoms with Crippen molar-refractivity contribution < 1.29 is 9.18 Å². The number of carbonyl (C=O) groups excluding carboxylic acids is 1. The van der Waals surface area contributed by atoms with Crippen molar-refractivity contribution in [2.24, 2.45) is 0 Å². The van der Waals surface area contributed by atoms with Crippen molar-refractivity contribution in [2.75, 3.05) is 0 Å². The third-order valence-corrected chi connectivity index (χ3v) is 2.93. The Morgan fingerprint density at radius 2 is 2.06 bits per heavy atom. The summed E-state index contributed by atoms with van der Waals surface area (Å²) in [6, 6.07) is 6.64. The molecule has 0 aliphatic heterocycles. The minimum Gasteiger partial charge on any atom is -0.298 e. The van der Waals surface area contributed by atoms with Gasteiger partial charge in [-0.15, -0.1) is 11.6 Å². The van der Waals surface area contributed by atoms with Crippen molar-refractivity contribution in [3.05, 3.63) is 64.7 Å². The van der Waals surface area contributed by atoms with Gasteiger partial charge in [0.05, 0.1) is 0 Å². The van der Waals surface area contributed by atoms with Crippen LogP contribution in [0.5, 0.6) is 0 Å². The quantitative estimate of drug-likeness (QED) is 0.625. The molecule has 0 atom stereocenters. The molecule has 0 aliphatic carbocycles. The fourth-order valence-corrected chi connectivity index (χ4v) is 1.87. The third kappa shape index (κ3) is 2.93. The predicted molar refractivity (Wildman–Crippen MR) is 68.4 cm³/mol. The van der Waals surface area contributed by atoms with E-state index in [9.17, 15) is 9.18 Å². The SMILES string of the molecule is O=Cc1cncc(Cc2ccc(CCl)cc2F)c1. The molecular weight excluding hydrogens is 253 g/mol. The lowest BCUT2D eigenvalue weighted by Gasteiger charge is -2.05. The first kappa shape index (κ1) is 12.7. The van der Waals surface area contributed by atoms with Gasteiger partial charge in [-0.05, 0) is 28.8 Å². The van der Waals surface area contributed by atoms with Gasteiger partial charge in [-0.2, -0.15) is 0 Å². The molecule has 2 rings (SSSR count). The van der Waals surface area contributed by atoms with Gasteiger partial charge in [-0.3, -0.25) is 9.78 Å². The molecule has 4 heteroatoms. The van der Waals surface area contributed by atoms with E-state index >= 15 is 0 Å². The summed E-state index contributed by atoms with van der Waals surface area (Å²) in [5, 5.41) is 0. The minimum atomic E-state index is -0.287. The highest BCUT2D eigenvalue weighted by atomic mass is 35.5. The molecule has 0 amide bonds. The average molecular weight is 264 g/mol. The molecule has 0 saturated heterocycles. The molecule has 18 heavy (non-hydrogen) atoms. The molecule has 0 aliphatic rings. The van der Waals surface area contributed by atoms with E-state index in [1.807, 2.05) is 0 Å². The van der Waals surface area contributed by atoms with Gasteiger partial charge in [0, 0.05) is 30.3 Å². The molecule has 0 saturated carbocycles. The maximum absolute atomic E-state index is 13.8. The Kier molecular flexibility index (Phi) is 4.05. The summed E-state index contributed by atoms with van der Waals surface area (Å²) in [5.41, 5.74) is 2.61. The Labute approximate surface area is 109 Å². The van der Waals surface area contributed by atoms with Crippen LogP contribution >= 0.6 is 11.6 Å². The van der Waals surface area contributed by atoms with Crippen LogP contribution in [0.25, 0.3) is 0 Å². The van der Waals surface area contributed by atoms with Crippen LogP contribution in [0.2, 0.25) is 0 Å². The minimum absolute atomic E-state index is 0.287. The number of halogens is 2. The van der Waals surface area contributed by atoms with Gasteiger partial charge in [0.25, 0.3) is 0 Å². The molecule has 1 aromatic carbocycles. The van der Waals surface area contributed by atoms with Crippen molar-refractivity contribution in [2.45, 2.75) is 12.3 Å². The van der Waals surface area contributed by atoms with E-state index in [1.165, 1.54) is 12.3 Å². The first-order chi connectivity index (χ1) is 8.72. The smallest absolute Gasteiger partial charge is 0.151 e. The van der Waals surface area contributed by atoms with Gasteiger partial charge in [-0.1, -0.05) is 12.1 Å². The van der Waals surface area contributed by atoms with Gasteiger partial charge in [0.15, 0.2) is 6.29 Å². The van der Waals surface area contributed by atoms with E-state index in [0.29, 0.717) is 23.4 Å². The molecule has 0 N–H and O–H groups in total. The Balaban J connectivity index is 2.25. The molecule has 2 nitrogen and oxygen atoms in total. The van der Waals surface area contributed by atoms with Crippen molar-refractivity contribution in [3.63, 3.8) is 0 Å². The lowest BCUT2D eigenvalue weighted by atomic mass is 10.0. The zero-order chi connectivity index (χ0) is 13.0. The first-order valence-electron chi connectivity index (χ1n) is 5.45. The van der Waals surface area contributed by atoms with Crippen LogP contribution < -0.4 is 0 Å². The zero-order valence-corrected chi connectivity index (χ0v) is 10.3. The highest BCUT2D eigenvalue weighted by Gasteiger charge is 2.05. The summed E-state index contributed by atoms with van der Waals surface area (Å²) in [6.07, 6.45) is 4.23. The molecule has 2 aromatic rings. The van der Waals surface area contributed by atoms with Crippen molar-refractivity contribution >= 4 is 17.9 Å². The fourth-order valence-electron chi connectivity index (χ4n) is 1.71. The second-order valence-electron chi connectivity index (χ2n) is 3.98. The Bertz CT molecular complexity index is 571. The maximum atomic E-state index is 13.8. The molecule has 0 radical (unpaired) electrons. The molecule has 0 unspecified atom stereocenters. The van der Waals surface area contributed by atoms with Crippen LogP contribution in [-0.2, 0) is 12.3 Å². The number of hydrogen-bond acceptors (Lipinski definition) is 2. The largest absolute Gasteiger partial charge is 0.298 e. The molecule has 1 aromatic heterocycles. The van der Waals surface area contributed by atoms with Crippen molar-refractivity contribution in [1.29, 1.82) is 0 Å². The van der Waals surface area contributed by atoms with Crippen LogP contribution in [0, 0.1) is 5.82 Å². The highest BCUT2D eigenvalue weighted by molar-refractivity contribution is 6.17. The van der Waals surface area contributed by atoms with E-state index in [0.717, 1.165) is 17.4 Å². The lowest BCUT2D eigenvalue weighted by molar-refractivity contribution is 0.112. The lowest BCUT2D eigenvalue weighted by Crippen LogP contribution is -1.96. The number of aromatic nitrogens is 1. The molecule has 0 bridgehead atoms. The Morgan fingerprint density at radius 1 is 1.22 bits per heavy atom. The topological polar surface area (TPSA) is 30.0 Å². The number of hydrogen-bond donors (Lipinski definition) is 0. The van der Waals surface area contributed by atoms with Crippen LogP contribution in [0.3, 0.4) is 0 Å². The van der Waals surface area contributed by atoms with Gasteiger partial charge >= 0.3 is 0 Å². The van der Waals surface area contributed by atoms with E-state index in [1.54, 1.807) is 24.4 Å². The summed E-state index contributed by atoms with van der Waals surface area (Å²) in [4.78, 5) is 14.6. The molecule has 0 fully saturated rings. The third-order valence-electron chi connectivity index (χ3n) is 2.62. The van der Waals surface area contributed by atoms with E-state index in [4.69, 9.17) is 11.6 Å². The van der Waals surface area contributed by atoms with Gasteiger partial charge in [-0.25, -0.2) is 4.39 Å². The van der Waals surface area contributed by atoms with Gasteiger partial charge in [0.2, 0.25) is 0 Å². The van der Waals surface area contributed by atoms with Crippen molar-refractivity contribution in [3.8, 4) is 0 Å². The van der Waals surface area contributed by atoms with Crippen LogP contribution in [0.1, 0.15) is 27.0 Å². The summed E-state index contributed by atoms with van der Waals surface area (Å²) >= 11 is 5.64. The van der Waals surface area contributed by atoms with Crippen LogP contribution in [0.15, 0.2) is 36.7 Å². The predicted octanol–water partition coefficient (Wildman–Crippen LogP) is 3.36. The van der Waals surface area contributed by atoms with Crippen LogP contribution in [-0.4, -0.2) is 11.3 Å². The second-order valence-corrected chi connectivity index (χ2v) is 4.25. The Morgan fingerprint density at radius 3 is 2.72 bits per heavy atom. The van der Waals surface area contributed by atoms with Crippen molar-refractivity contribution in [1.82, 2.24) is 4.98 Å². The summed E-state index contributed by atoms with van der Waals surface area (Å²) < 4.78 is 13.8. The molecule has 0 spiro atoms. The maximum Gasteiger partial charge on any atom is 0.151 e. The number of nitrogens with zero attached hydrogens (tertiary/aromatic N) is 1. The zero-order valence-electron chi connectivity index (χ0n) is 9.57. The molecular formula is C14H11ClFNO. The number of aldehydes is 1. The summed E-state index contributed by atoms with van der Waals surface area (Å²) in [6.45, 7) is 0. The summed E-state index contributed by atoms with van der Waals surface area (Å²) in [5.74, 6) is 0.00370. The fraction of sp³-hybridized carbons (Fsp3) is 0.143. The summed E-state index contributed by atoms with van der Waals surface area (Å²) in [7, 11) is 0. The first-order valence-corrected chi connectivity index (χ1v) is 5.98. The number of carbonyl (C=O) groups is 1. The monoisotopic (exact) mass is 263 g/mol. The van der Waals surface area contributed by atoms with Gasteiger partial charge < -0.3 is 0 Å². The second kappa shape index (κ2) is 5.74. The van der Waals surface area contributed by atoms with Gasteiger partial charge in [0.1, 0.15) is 5.82 Å². The normalized spacial score (nSPS) is 10.3. The number of benzene rings is 1. The van der Waals surface area contributed by atoms with E-state index < -0.39 is 0 Å². The molecule has 1 heterocycles. The highest BCUT2D eigenvalue weighted by Crippen LogP contribution is 2.16. The number of pyridine rings is 1.